The third-order valence-electron chi connectivity index (χ3n) is 5.10. The van der Waals surface area contributed by atoms with E-state index in [2.05, 4.69) is 9.97 Å². The van der Waals surface area contributed by atoms with Gasteiger partial charge in [-0.1, -0.05) is 19.1 Å². The summed E-state index contributed by atoms with van der Waals surface area (Å²) in [6.07, 6.45) is 9.91. The lowest BCUT2D eigenvalue weighted by Crippen LogP contribution is -2.32. The Balaban J connectivity index is 1.55. The lowest BCUT2D eigenvalue weighted by Gasteiger charge is -2.24. The molecule has 0 saturated carbocycles. The molecule has 144 valence electrons. The van der Waals surface area contributed by atoms with E-state index in [-0.39, 0.29) is 24.2 Å². The van der Waals surface area contributed by atoms with Crippen LogP contribution in [0.5, 0.6) is 0 Å². The van der Waals surface area contributed by atoms with Gasteiger partial charge in [0.05, 0.1) is 30.6 Å². The predicted octanol–water partition coefficient (Wildman–Crippen LogP) is 3.27. The van der Waals surface area contributed by atoms with Crippen LogP contribution < -0.4 is 0 Å². The van der Waals surface area contributed by atoms with E-state index in [4.69, 9.17) is 4.98 Å². The molecule has 1 aliphatic rings. The highest BCUT2D eigenvalue weighted by Crippen LogP contribution is 2.31. The largest absolute Gasteiger partial charge is 0.334 e. The molecule has 4 rings (SSSR count). The fourth-order valence-corrected chi connectivity index (χ4v) is 3.70. The molecule has 0 unspecified atom stereocenters. The van der Waals surface area contributed by atoms with Crippen LogP contribution in [0.15, 0.2) is 49.1 Å². The first-order valence-corrected chi connectivity index (χ1v) is 9.54. The SMILES string of the molecule is CCc1nccn1-c1cncc([C@H]2CCCN2C(=O)Cc2ccc(F)cc2)n1. The zero-order valence-electron chi connectivity index (χ0n) is 15.8. The van der Waals surface area contributed by atoms with Gasteiger partial charge in [-0.2, -0.15) is 0 Å². The Hall–Kier alpha value is -3.09. The van der Waals surface area contributed by atoms with Gasteiger partial charge in [0, 0.05) is 25.4 Å². The summed E-state index contributed by atoms with van der Waals surface area (Å²) in [5, 5.41) is 0. The minimum absolute atomic E-state index is 0.0261. The highest BCUT2D eigenvalue weighted by Gasteiger charge is 2.31. The molecule has 3 aromatic rings. The molecular weight excluding hydrogens is 357 g/mol. The third kappa shape index (κ3) is 3.65. The fraction of sp³-hybridized carbons (Fsp3) is 0.333. The Morgan fingerprint density at radius 2 is 2.07 bits per heavy atom. The Morgan fingerprint density at radius 1 is 1.25 bits per heavy atom. The third-order valence-corrected chi connectivity index (χ3v) is 5.10. The molecule has 7 heteroatoms. The van der Waals surface area contributed by atoms with Crippen molar-refractivity contribution in [3.05, 3.63) is 72.0 Å². The van der Waals surface area contributed by atoms with Crippen LogP contribution in [0, 0.1) is 5.82 Å². The van der Waals surface area contributed by atoms with Gasteiger partial charge < -0.3 is 4.90 Å². The number of carbonyl (C=O) groups excluding carboxylic acids is 1. The van der Waals surface area contributed by atoms with Gasteiger partial charge in [0.1, 0.15) is 11.6 Å². The summed E-state index contributed by atoms with van der Waals surface area (Å²) in [5.74, 6) is 1.36. The molecule has 3 heterocycles. The van der Waals surface area contributed by atoms with Gasteiger partial charge in [0.2, 0.25) is 5.91 Å². The maximum atomic E-state index is 13.1. The zero-order valence-corrected chi connectivity index (χ0v) is 15.8. The van der Waals surface area contributed by atoms with Crippen LogP contribution in [-0.4, -0.2) is 36.9 Å². The molecule has 1 saturated heterocycles. The minimum atomic E-state index is -0.298. The molecule has 2 aromatic heterocycles. The number of aryl methyl sites for hydroxylation is 1. The highest BCUT2D eigenvalue weighted by molar-refractivity contribution is 5.79. The van der Waals surface area contributed by atoms with Gasteiger partial charge in [-0.25, -0.2) is 14.4 Å². The van der Waals surface area contributed by atoms with Crippen molar-refractivity contribution in [2.45, 2.75) is 38.6 Å². The van der Waals surface area contributed by atoms with E-state index in [0.29, 0.717) is 12.4 Å². The number of nitrogens with zero attached hydrogens (tertiary/aromatic N) is 5. The molecular formula is C21H22FN5O. The first-order chi connectivity index (χ1) is 13.7. The number of likely N-dealkylation sites (tertiary alicyclic amines) is 1. The average Bonchev–Trinajstić information content (AvgIpc) is 3.39. The standard InChI is InChI=1S/C21H22FN5O/c1-2-19-24-9-11-27(19)20-14-23-13-17(25-20)18-4-3-10-26(18)21(28)12-15-5-7-16(22)8-6-15/h5-9,11,13-14,18H,2-4,10,12H2,1H3/t18-/m1/s1. The molecule has 1 fully saturated rings. The average molecular weight is 379 g/mol. The molecule has 28 heavy (non-hydrogen) atoms. The molecule has 1 aromatic carbocycles. The van der Waals surface area contributed by atoms with Crippen LogP contribution in [0.2, 0.25) is 0 Å². The Kier molecular flexibility index (Phi) is 5.14. The zero-order chi connectivity index (χ0) is 19.5. The Morgan fingerprint density at radius 3 is 2.86 bits per heavy atom. The second-order valence-corrected chi connectivity index (χ2v) is 6.92. The molecule has 6 nitrogen and oxygen atoms in total. The summed E-state index contributed by atoms with van der Waals surface area (Å²) in [7, 11) is 0. The van der Waals surface area contributed by atoms with Crippen molar-refractivity contribution in [3.8, 4) is 5.82 Å². The van der Waals surface area contributed by atoms with E-state index < -0.39 is 0 Å². The van der Waals surface area contributed by atoms with Crippen LogP contribution >= 0.6 is 0 Å². The van der Waals surface area contributed by atoms with Crippen LogP contribution in [0.25, 0.3) is 5.82 Å². The number of imidazole rings is 1. The lowest BCUT2D eigenvalue weighted by atomic mass is 10.1. The van der Waals surface area contributed by atoms with E-state index in [1.807, 2.05) is 22.6 Å². The summed E-state index contributed by atoms with van der Waals surface area (Å²) < 4.78 is 15.0. The number of carbonyl (C=O) groups is 1. The van der Waals surface area contributed by atoms with E-state index in [1.165, 1.54) is 12.1 Å². The molecule has 1 amide bonds. The maximum Gasteiger partial charge on any atom is 0.227 e. The second-order valence-electron chi connectivity index (χ2n) is 6.92. The van der Waals surface area contributed by atoms with Crippen molar-refractivity contribution in [2.75, 3.05) is 6.54 Å². The van der Waals surface area contributed by atoms with Crippen molar-refractivity contribution >= 4 is 5.91 Å². The molecule has 0 N–H and O–H groups in total. The lowest BCUT2D eigenvalue weighted by molar-refractivity contribution is -0.131. The quantitative estimate of drug-likeness (QED) is 0.683. The van der Waals surface area contributed by atoms with Gasteiger partial charge in [0.15, 0.2) is 5.82 Å². The molecule has 1 atom stereocenters. The predicted molar refractivity (Wildman–Crippen MR) is 102 cm³/mol. The van der Waals surface area contributed by atoms with E-state index in [9.17, 15) is 9.18 Å². The monoisotopic (exact) mass is 379 g/mol. The first-order valence-electron chi connectivity index (χ1n) is 9.54. The number of benzene rings is 1. The van der Waals surface area contributed by atoms with Gasteiger partial charge in [-0.3, -0.25) is 14.3 Å². The summed E-state index contributed by atoms with van der Waals surface area (Å²) in [6, 6.07) is 5.99. The molecule has 0 aliphatic carbocycles. The Bertz CT molecular complexity index is 969. The van der Waals surface area contributed by atoms with Crippen molar-refractivity contribution in [2.24, 2.45) is 0 Å². The molecule has 0 spiro atoms. The van der Waals surface area contributed by atoms with E-state index in [0.717, 1.165) is 36.3 Å². The fourth-order valence-electron chi connectivity index (χ4n) is 3.70. The minimum Gasteiger partial charge on any atom is -0.334 e. The topological polar surface area (TPSA) is 63.9 Å². The molecule has 0 bridgehead atoms. The van der Waals surface area contributed by atoms with Crippen molar-refractivity contribution in [3.63, 3.8) is 0 Å². The summed E-state index contributed by atoms with van der Waals surface area (Å²) >= 11 is 0. The van der Waals surface area contributed by atoms with E-state index in [1.54, 1.807) is 30.7 Å². The smallest absolute Gasteiger partial charge is 0.227 e. The normalized spacial score (nSPS) is 16.5. The number of hydrogen-bond acceptors (Lipinski definition) is 4. The van der Waals surface area contributed by atoms with Crippen LogP contribution in [0.4, 0.5) is 4.39 Å². The number of hydrogen-bond donors (Lipinski definition) is 0. The highest BCUT2D eigenvalue weighted by atomic mass is 19.1. The number of rotatable bonds is 5. The summed E-state index contributed by atoms with van der Waals surface area (Å²) in [6.45, 7) is 2.74. The van der Waals surface area contributed by atoms with Gasteiger partial charge in [-0.05, 0) is 30.5 Å². The number of aromatic nitrogens is 4. The summed E-state index contributed by atoms with van der Waals surface area (Å²) in [4.78, 5) is 28.2. The Labute approximate surface area is 163 Å². The van der Waals surface area contributed by atoms with E-state index >= 15 is 0 Å². The first kappa shape index (κ1) is 18.3. The summed E-state index contributed by atoms with van der Waals surface area (Å²) in [5.41, 5.74) is 1.60. The number of halogens is 1. The van der Waals surface area contributed by atoms with Crippen LogP contribution in [-0.2, 0) is 17.6 Å². The van der Waals surface area contributed by atoms with Gasteiger partial charge in [-0.15, -0.1) is 0 Å². The molecule has 1 aliphatic heterocycles. The second kappa shape index (κ2) is 7.88. The van der Waals surface area contributed by atoms with Crippen LogP contribution in [0.3, 0.4) is 0 Å². The van der Waals surface area contributed by atoms with Gasteiger partial charge in [0.25, 0.3) is 0 Å². The number of amides is 1. The van der Waals surface area contributed by atoms with Crippen molar-refractivity contribution in [1.29, 1.82) is 0 Å². The van der Waals surface area contributed by atoms with Gasteiger partial charge >= 0.3 is 0 Å². The van der Waals surface area contributed by atoms with Crippen LogP contribution in [0.1, 0.15) is 42.9 Å². The van der Waals surface area contributed by atoms with Crippen molar-refractivity contribution in [1.82, 2.24) is 24.4 Å². The van der Waals surface area contributed by atoms with Crippen molar-refractivity contribution < 1.29 is 9.18 Å². The maximum absolute atomic E-state index is 13.1. The molecule has 0 radical (unpaired) electrons.